The first-order chi connectivity index (χ1) is 9.08. The number of aliphatic imine (C=N–C) groups is 1. The Labute approximate surface area is 137 Å². The van der Waals surface area contributed by atoms with Crippen molar-refractivity contribution < 1.29 is 5.11 Å². The molecule has 0 aromatic carbocycles. The van der Waals surface area contributed by atoms with Crippen LogP contribution in [0.25, 0.3) is 0 Å². The lowest BCUT2D eigenvalue weighted by Crippen LogP contribution is -2.39. The number of hydrogen-bond acceptors (Lipinski definition) is 4. The molecule has 8 heteroatoms. The van der Waals surface area contributed by atoms with Gasteiger partial charge in [-0.15, -0.1) is 24.0 Å². The molecule has 7 nitrogen and oxygen atoms in total. The summed E-state index contributed by atoms with van der Waals surface area (Å²) in [5, 5.41) is 16.3. The summed E-state index contributed by atoms with van der Waals surface area (Å²) in [6.45, 7) is 6.18. The average Bonchev–Trinajstić information content (AvgIpc) is 2.79. The summed E-state index contributed by atoms with van der Waals surface area (Å²) in [7, 11) is 3.83. The van der Waals surface area contributed by atoms with E-state index in [-0.39, 0.29) is 36.5 Å². The molecule has 0 saturated heterocycles. The van der Waals surface area contributed by atoms with Gasteiger partial charge in [-0.2, -0.15) is 5.10 Å². The topological polar surface area (TPSA) is 78.6 Å². The minimum absolute atomic E-state index is 0. The number of aliphatic hydroxyl groups is 1. The molecular formula is C12H25IN6O. The molecule has 0 bridgehead atoms. The van der Waals surface area contributed by atoms with E-state index in [1.54, 1.807) is 11.0 Å². The number of aryl methyl sites for hydroxylation is 1. The van der Waals surface area contributed by atoms with Crippen molar-refractivity contribution in [1.29, 1.82) is 0 Å². The summed E-state index contributed by atoms with van der Waals surface area (Å²) >= 11 is 0. The van der Waals surface area contributed by atoms with Crippen molar-refractivity contribution in [3.05, 3.63) is 12.2 Å². The van der Waals surface area contributed by atoms with Crippen LogP contribution in [0.15, 0.2) is 11.3 Å². The van der Waals surface area contributed by atoms with Gasteiger partial charge >= 0.3 is 0 Å². The van der Waals surface area contributed by atoms with E-state index in [0.717, 1.165) is 18.3 Å². The first kappa shape index (κ1) is 19.1. The highest BCUT2D eigenvalue weighted by Crippen LogP contribution is 2.00. The van der Waals surface area contributed by atoms with E-state index in [4.69, 9.17) is 5.11 Å². The van der Waals surface area contributed by atoms with Gasteiger partial charge in [-0.25, -0.2) is 4.98 Å². The van der Waals surface area contributed by atoms with E-state index in [1.807, 2.05) is 32.8 Å². The summed E-state index contributed by atoms with van der Waals surface area (Å²) in [5.74, 6) is 1.85. The zero-order valence-corrected chi connectivity index (χ0v) is 14.9. The molecule has 0 amide bonds. The molecule has 1 aromatic heterocycles. The number of guanidine groups is 1. The predicted octanol–water partition coefficient (Wildman–Crippen LogP) is 0.459. The Morgan fingerprint density at radius 3 is 2.80 bits per heavy atom. The Morgan fingerprint density at radius 2 is 2.30 bits per heavy atom. The summed E-state index contributed by atoms with van der Waals surface area (Å²) in [4.78, 5) is 10.7. The predicted molar refractivity (Wildman–Crippen MR) is 90.1 cm³/mol. The minimum Gasteiger partial charge on any atom is -0.396 e. The Kier molecular flexibility index (Phi) is 9.47. The lowest BCUT2D eigenvalue weighted by Gasteiger charge is -2.21. The number of nitrogens with one attached hydrogen (secondary N) is 1. The van der Waals surface area contributed by atoms with Crippen LogP contribution >= 0.6 is 24.0 Å². The number of aliphatic hydroxyl groups excluding tert-OH is 1. The monoisotopic (exact) mass is 396 g/mol. The lowest BCUT2D eigenvalue weighted by atomic mass is 10.2. The Hall–Kier alpha value is -0.900. The van der Waals surface area contributed by atoms with Crippen LogP contribution in [0.5, 0.6) is 0 Å². The van der Waals surface area contributed by atoms with Gasteiger partial charge in [-0.1, -0.05) is 6.92 Å². The van der Waals surface area contributed by atoms with Crippen LogP contribution in [-0.4, -0.2) is 57.5 Å². The third-order valence-electron chi connectivity index (χ3n) is 2.74. The van der Waals surface area contributed by atoms with Gasteiger partial charge in [0, 0.05) is 33.8 Å². The van der Waals surface area contributed by atoms with Crippen molar-refractivity contribution in [3.8, 4) is 0 Å². The standard InChI is InChI=1S/C12H24N6O.HI/c1-5-13-12(14-6-10(2)8-19)17(3)7-11-15-9-16-18(11)4;/h9-10,19H,5-8H2,1-4H3,(H,13,14);1H. The van der Waals surface area contributed by atoms with Crippen LogP contribution in [-0.2, 0) is 13.6 Å². The maximum atomic E-state index is 9.04. The molecule has 0 spiro atoms. The molecule has 0 saturated carbocycles. The SMILES string of the molecule is CCNC(=NCC(C)CO)N(C)Cc1ncnn1C.I. The maximum absolute atomic E-state index is 9.04. The van der Waals surface area contributed by atoms with Gasteiger partial charge in [0.25, 0.3) is 0 Å². The molecule has 116 valence electrons. The van der Waals surface area contributed by atoms with Crippen LogP contribution in [0.4, 0.5) is 0 Å². The summed E-state index contributed by atoms with van der Waals surface area (Å²) in [6.07, 6.45) is 1.54. The zero-order chi connectivity index (χ0) is 14.3. The van der Waals surface area contributed by atoms with Crippen LogP contribution in [0.1, 0.15) is 19.7 Å². The first-order valence-corrected chi connectivity index (χ1v) is 6.51. The molecule has 1 rings (SSSR count). The van der Waals surface area contributed by atoms with E-state index in [9.17, 15) is 0 Å². The quantitative estimate of drug-likeness (QED) is 0.415. The van der Waals surface area contributed by atoms with Crippen LogP contribution in [0, 0.1) is 5.92 Å². The van der Waals surface area contributed by atoms with Gasteiger partial charge in [-0.3, -0.25) is 9.67 Å². The van der Waals surface area contributed by atoms with Gasteiger partial charge in [0.1, 0.15) is 12.2 Å². The summed E-state index contributed by atoms with van der Waals surface area (Å²) < 4.78 is 1.75. The lowest BCUT2D eigenvalue weighted by molar-refractivity contribution is 0.241. The van der Waals surface area contributed by atoms with E-state index >= 15 is 0 Å². The third-order valence-corrected chi connectivity index (χ3v) is 2.74. The van der Waals surface area contributed by atoms with Gasteiger partial charge < -0.3 is 15.3 Å². The van der Waals surface area contributed by atoms with E-state index in [0.29, 0.717) is 13.1 Å². The molecule has 1 atom stereocenters. The van der Waals surface area contributed by atoms with Crippen molar-refractivity contribution in [2.45, 2.75) is 20.4 Å². The maximum Gasteiger partial charge on any atom is 0.194 e. The second-order valence-electron chi connectivity index (χ2n) is 4.64. The van der Waals surface area contributed by atoms with Crippen molar-refractivity contribution in [2.75, 3.05) is 26.7 Å². The van der Waals surface area contributed by atoms with E-state index < -0.39 is 0 Å². The minimum atomic E-state index is 0. The van der Waals surface area contributed by atoms with Gasteiger partial charge in [0.15, 0.2) is 5.96 Å². The molecule has 0 aliphatic heterocycles. The molecule has 1 aromatic rings. The van der Waals surface area contributed by atoms with Crippen LogP contribution < -0.4 is 5.32 Å². The molecule has 0 aliphatic carbocycles. The van der Waals surface area contributed by atoms with Crippen LogP contribution in [0.2, 0.25) is 0 Å². The van der Waals surface area contributed by atoms with Crippen molar-refractivity contribution in [1.82, 2.24) is 25.0 Å². The van der Waals surface area contributed by atoms with Gasteiger partial charge in [-0.05, 0) is 12.8 Å². The molecular weight excluding hydrogens is 371 g/mol. The Balaban J connectivity index is 0.00000361. The third kappa shape index (κ3) is 6.04. The highest BCUT2D eigenvalue weighted by molar-refractivity contribution is 14.0. The van der Waals surface area contributed by atoms with Crippen LogP contribution in [0.3, 0.4) is 0 Å². The van der Waals surface area contributed by atoms with E-state index in [2.05, 4.69) is 20.4 Å². The summed E-state index contributed by atoms with van der Waals surface area (Å²) in [5.41, 5.74) is 0. The fourth-order valence-electron chi connectivity index (χ4n) is 1.52. The van der Waals surface area contributed by atoms with Crippen molar-refractivity contribution in [3.63, 3.8) is 0 Å². The highest BCUT2D eigenvalue weighted by Gasteiger charge is 2.10. The molecule has 0 fully saturated rings. The normalized spacial score (nSPS) is 12.8. The van der Waals surface area contributed by atoms with E-state index in [1.165, 1.54) is 0 Å². The van der Waals surface area contributed by atoms with Crippen molar-refractivity contribution in [2.24, 2.45) is 18.0 Å². The van der Waals surface area contributed by atoms with Gasteiger partial charge in [0.05, 0.1) is 6.54 Å². The fourth-order valence-corrected chi connectivity index (χ4v) is 1.52. The fraction of sp³-hybridized carbons (Fsp3) is 0.750. The number of nitrogens with zero attached hydrogens (tertiary/aromatic N) is 5. The molecule has 1 heterocycles. The number of halogens is 1. The largest absolute Gasteiger partial charge is 0.396 e. The van der Waals surface area contributed by atoms with Crippen molar-refractivity contribution >= 4 is 29.9 Å². The zero-order valence-electron chi connectivity index (χ0n) is 12.6. The van der Waals surface area contributed by atoms with Gasteiger partial charge in [0.2, 0.25) is 0 Å². The second-order valence-corrected chi connectivity index (χ2v) is 4.64. The summed E-state index contributed by atoms with van der Waals surface area (Å²) in [6, 6.07) is 0. The second kappa shape index (κ2) is 9.92. The average molecular weight is 396 g/mol. The number of hydrogen-bond donors (Lipinski definition) is 2. The smallest absolute Gasteiger partial charge is 0.194 e. The number of aromatic nitrogens is 3. The molecule has 0 aliphatic rings. The Bertz CT molecular complexity index is 408. The number of rotatable bonds is 6. The molecule has 1 unspecified atom stereocenters. The molecule has 2 N–H and O–H groups in total. The molecule has 0 radical (unpaired) electrons. The highest BCUT2D eigenvalue weighted by atomic mass is 127. The Morgan fingerprint density at radius 1 is 1.60 bits per heavy atom. The first-order valence-electron chi connectivity index (χ1n) is 6.51. The molecule has 20 heavy (non-hydrogen) atoms.